The molecule has 27 heavy (non-hydrogen) atoms. The quantitative estimate of drug-likeness (QED) is 0.705. The second kappa shape index (κ2) is 6.68. The molecule has 3 aromatic rings. The highest BCUT2D eigenvalue weighted by atomic mass is 35.5. The third kappa shape index (κ3) is 3.05. The summed E-state index contributed by atoms with van der Waals surface area (Å²) in [6.07, 6.45) is 0.330. The number of aromatic amines is 1. The number of halogens is 3. The zero-order valence-electron chi connectivity index (χ0n) is 14.1. The van der Waals surface area contributed by atoms with Gasteiger partial charge in [0, 0.05) is 24.8 Å². The number of fused-ring (bicyclic) bond motifs is 1. The number of benzene rings is 2. The van der Waals surface area contributed by atoms with Crippen LogP contribution in [-0.4, -0.2) is 28.6 Å². The number of aliphatic hydroxyl groups excluding tert-OH is 1. The van der Waals surface area contributed by atoms with Crippen molar-refractivity contribution in [3.8, 4) is 17.0 Å². The predicted octanol–water partition coefficient (Wildman–Crippen LogP) is 4.20. The van der Waals surface area contributed by atoms with Crippen molar-refractivity contribution in [1.29, 1.82) is 0 Å². The topological polar surface area (TPSA) is 61.4 Å². The molecule has 1 aromatic heterocycles. The van der Waals surface area contributed by atoms with Crippen LogP contribution in [0.2, 0.25) is 5.02 Å². The summed E-state index contributed by atoms with van der Waals surface area (Å²) in [5.41, 5.74) is 2.47. The summed E-state index contributed by atoms with van der Waals surface area (Å²) < 4.78 is 32.4. The molecule has 0 radical (unpaired) electrons. The molecular formula is C19H14ClF2N3O2. The van der Waals surface area contributed by atoms with Gasteiger partial charge in [-0.1, -0.05) is 29.8 Å². The van der Waals surface area contributed by atoms with Gasteiger partial charge in [-0.15, -0.1) is 0 Å². The number of H-pyrrole nitrogens is 1. The Kier molecular flexibility index (Phi) is 4.33. The van der Waals surface area contributed by atoms with E-state index in [0.717, 1.165) is 12.1 Å². The zero-order valence-corrected chi connectivity index (χ0v) is 14.8. The average molecular weight is 390 g/mol. The van der Waals surface area contributed by atoms with Crippen LogP contribution in [0.25, 0.3) is 17.3 Å². The summed E-state index contributed by atoms with van der Waals surface area (Å²) in [5.74, 6) is -1.69. The van der Waals surface area contributed by atoms with Gasteiger partial charge >= 0.3 is 0 Å². The second-order valence-electron chi connectivity index (χ2n) is 6.02. The number of aliphatic hydroxyl groups is 1. The number of rotatable bonds is 3. The maximum absolute atomic E-state index is 13.9. The molecule has 5 nitrogen and oxygen atoms in total. The lowest BCUT2D eigenvalue weighted by atomic mass is 10.1. The van der Waals surface area contributed by atoms with Gasteiger partial charge in [0.2, 0.25) is 0 Å². The summed E-state index contributed by atoms with van der Waals surface area (Å²) >= 11 is 6.26. The molecule has 2 N–H and O–H groups in total. The summed E-state index contributed by atoms with van der Waals surface area (Å²) in [7, 11) is 1.65. The SMILES string of the molecule is CN1c2c(-c3ccccc3Cl)n[nH]c2C=C(Oc2ccc(F)cc2F)C1O. The number of nitrogens with one attached hydrogen (secondary N) is 1. The van der Waals surface area contributed by atoms with Crippen LogP contribution in [0.1, 0.15) is 5.69 Å². The van der Waals surface area contributed by atoms with Gasteiger partial charge in [-0.2, -0.15) is 5.10 Å². The highest BCUT2D eigenvalue weighted by molar-refractivity contribution is 6.33. The van der Waals surface area contributed by atoms with E-state index in [4.69, 9.17) is 16.3 Å². The van der Waals surface area contributed by atoms with Gasteiger partial charge in [-0.25, -0.2) is 8.78 Å². The van der Waals surface area contributed by atoms with E-state index in [0.29, 0.717) is 33.7 Å². The lowest BCUT2D eigenvalue weighted by molar-refractivity contribution is 0.159. The van der Waals surface area contributed by atoms with Crippen LogP contribution in [0.3, 0.4) is 0 Å². The predicted molar refractivity (Wildman–Crippen MR) is 98.4 cm³/mol. The Morgan fingerprint density at radius 3 is 2.74 bits per heavy atom. The molecule has 1 aliphatic heterocycles. The fraction of sp³-hybridized carbons (Fsp3) is 0.105. The monoisotopic (exact) mass is 389 g/mol. The van der Waals surface area contributed by atoms with Gasteiger partial charge < -0.3 is 14.7 Å². The van der Waals surface area contributed by atoms with E-state index < -0.39 is 17.9 Å². The first-order valence-electron chi connectivity index (χ1n) is 8.04. The van der Waals surface area contributed by atoms with E-state index >= 15 is 0 Å². The molecule has 1 unspecified atom stereocenters. The Morgan fingerprint density at radius 1 is 1.22 bits per heavy atom. The molecule has 0 spiro atoms. The van der Waals surface area contributed by atoms with Crippen molar-refractivity contribution in [2.45, 2.75) is 6.23 Å². The van der Waals surface area contributed by atoms with Crippen LogP contribution in [0.4, 0.5) is 14.5 Å². The minimum atomic E-state index is -1.19. The molecule has 8 heteroatoms. The van der Waals surface area contributed by atoms with Crippen molar-refractivity contribution in [3.05, 3.63) is 70.6 Å². The van der Waals surface area contributed by atoms with Crippen LogP contribution < -0.4 is 9.64 Å². The standard InChI is InChI=1S/C19H14ClF2N3O2/c1-25-18-14(23-24-17(18)11-4-2-3-5-12(11)20)9-16(19(25)26)27-15-7-6-10(21)8-13(15)22/h2-9,19,26H,1H3,(H,23,24). The maximum Gasteiger partial charge on any atom is 0.186 e. The van der Waals surface area contributed by atoms with Crippen molar-refractivity contribution >= 4 is 23.4 Å². The Hall–Kier alpha value is -2.90. The van der Waals surface area contributed by atoms with Gasteiger partial charge in [0.05, 0.1) is 16.4 Å². The number of aromatic nitrogens is 2. The van der Waals surface area contributed by atoms with Crippen LogP contribution >= 0.6 is 11.6 Å². The lowest BCUT2D eigenvalue weighted by Gasteiger charge is -2.31. The van der Waals surface area contributed by atoms with Crippen molar-refractivity contribution in [2.75, 3.05) is 11.9 Å². The van der Waals surface area contributed by atoms with Gasteiger partial charge in [0.1, 0.15) is 11.5 Å². The minimum Gasteiger partial charge on any atom is -0.454 e. The Labute approximate surface area is 158 Å². The average Bonchev–Trinajstić information content (AvgIpc) is 3.05. The molecule has 0 saturated carbocycles. The first-order valence-corrected chi connectivity index (χ1v) is 8.42. The van der Waals surface area contributed by atoms with E-state index in [1.54, 1.807) is 13.1 Å². The number of ether oxygens (including phenoxy) is 1. The highest BCUT2D eigenvalue weighted by Gasteiger charge is 2.31. The summed E-state index contributed by atoms with van der Waals surface area (Å²) in [6, 6.07) is 10.2. The Balaban J connectivity index is 1.75. The largest absolute Gasteiger partial charge is 0.454 e. The second-order valence-corrected chi connectivity index (χ2v) is 6.43. The van der Waals surface area contributed by atoms with Crippen LogP contribution in [0, 0.1) is 11.6 Å². The fourth-order valence-corrected chi connectivity index (χ4v) is 3.17. The molecule has 0 aliphatic carbocycles. The molecule has 1 aliphatic rings. The highest BCUT2D eigenvalue weighted by Crippen LogP contribution is 2.40. The molecule has 0 saturated heterocycles. The molecule has 0 bridgehead atoms. The first-order chi connectivity index (χ1) is 13.0. The molecule has 0 fully saturated rings. The lowest BCUT2D eigenvalue weighted by Crippen LogP contribution is -2.37. The van der Waals surface area contributed by atoms with Crippen molar-refractivity contribution in [2.24, 2.45) is 0 Å². The number of hydrogen-bond acceptors (Lipinski definition) is 4. The number of anilines is 1. The van der Waals surface area contributed by atoms with Crippen LogP contribution in [0.5, 0.6) is 5.75 Å². The molecule has 4 rings (SSSR count). The third-order valence-corrected chi connectivity index (χ3v) is 4.61. The Morgan fingerprint density at radius 2 is 2.00 bits per heavy atom. The number of hydrogen-bond donors (Lipinski definition) is 2. The summed E-state index contributed by atoms with van der Waals surface area (Å²) in [4.78, 5) is 1.54. The maximum atomic E-state index is 13.9. The molecule has 1 atom stereocenters. The minimum absolute atomic E-state index is 0.0740. The molecular weight excluding hydrogens is 376 g/mol. The fourth-order valence-electron chi connectivity index (χ4n) is 2.95. The zero-order chi connectivity index (χ0) is 19.1. The van der Waals surface area contributed by atoms with Gasteiger partial charge in [-0.05, 0) is 18.2 Å². The van der Waals surface area contributed by atoms with Gasteiger partial charge in [0.25, 0.3) is 0 Å². The normalized spacial score (nSPS) is 16.1. The van der Waals surface area contributed by atoms with E-state index in [2.05, 4.69) is 10.2 Å². The van der Waals surface area contributed by atoms with Gasteiger partial charge in [0.15, 0.2) is 23.6 Å². The molecule has 0 amide bonds. The van der Waals surface area contributed by atoms with Crippen LogP contribution in [-0.2, 0) is 0 Å². The molecule has 2 heterocycles. The van der Waals surface area contributed by atoms with Gasteiger partial charge in [-0.3, -0.25) is 5.10 Å². The molecule has 138 valence electrons. The molecule has 2 aromatic carbocycles. The van der Waals surface area contributed by atoms with Crippen molar-refractivity contribution in [3.63, 3.8) is 0 Å². The summed E-state index contributed by atoms with van der Waals surface area (Å²) in [6.45, 7) is 0. The van der Waals surface area contributed by atoms with E-state index in [9.17, 15) is 13.9 Å². The third-order valence-electron chi connectivity index (χ3n) is 4.28. The van der Waals surface area contributed by atoms with E-state index in [1.807, 2.05) is 18.2 Å². The van der Waals surface area contributed by atoms with Crippen molar-refractivity contribution in [1.82, 2.24) is 10.2 Å². The smallest absolute Gasteiger partial charge is 0.186 e. The summed E-state index contributed by atoms with van der Waals surface area (Å²) in [5, 5.41) is 18.3. The van der Waals surface area contributed by atoms with E-state index in [1.165, 1.54) is 11.0 Å². The first kappa shape index (κ1) is 17.5. The van der Waals surface area contributed by atoms with Crippen molar-refractivity contribution < 1.29 is 18.6 Å². The van der Waals surface area contributed by atoms with E-state index in [-0.39, 0.29) is 11.5 Å². The van der Waals surface area contributed by atoms with Crippen LogP contribution in [0.15, 0.2) is 48.2 Å². The Bertz CT molecular complexity index is 1050. The number of nitrogens with zero attached hydrogens (tertiary/aromatic N) is 2. The number of likely N-dealkylation sites (N-methyl/N-ethyl adjacent to an activating group) is 1.